The lowest BCUT2D eigenvalue weighted by Gasteiger charge is -2.18. The topological polar surface area (TPSA) is 62.9 Å². The van der Waals surface area contributed by atoms with E-state index in [1.807, 2.05) is 30.1 Å². The first kappa shape index (κ1) is 16.5. The fraction of sp³-hybridized carbons (Fsp3) is 0.316. The molecule has 1 heterocycles. The molecular weight excluding hydrogens is 306 g/mol. The summed E-state index contributed by atoms with van der Waals surface area (Å²) in [5, 5.41) is 10.6. The maximum absolute atomic E-state index is 12.7. The molecule has 2 aromatic carbocycles. The van der Waals surface area contributed by atoms with Crippen molar-refractivity contribution < 1.29 is 14.3 Å². The van der Waals surface area contributed by atoms with Crippen molar-refractivity contribution in [2.75, 3.05) is 20.7 Å². The molecule has 0 aliphatic rings. The minimum atomic E-state index is -0.389. The average Bonchev–Trinajstić information content (AvgIpc) is 2.54. The zero-order valence-electron chi connectivity index (χ0n) is 14.1. The van der Waals surface area contributed by atoms with Crippen LogP contribution in [0.1, 0.15) is 12.5 Å². The molecule has 126 valence electrons. The molecule has 24 heavy (non-hydrogen) atoms. The summed E-state index contributed by atoms with van der Waals surface area (Å²) in [6.07, 6.45) is -0.389. The van der Waals surface area contributed by atoms with E-state index < -0.39 is 0 Å². The molecule has 1 aromatic heterocycles. The smallest absolute Gasteiger partial charge is 0.200 e. The van der Waals surface area contributed by atoms with Crippen LogP contribution in [0, 0.1) is 0 Å². The molecule has 1 N–H and O–H groups in total. The zero-order valence-corrected chi connectivity index (χ0v) is 14.1. The van der Waals surface area contributed by atoms with Crippen LogP contribution in [-0.2, 0) is 6.54 Å². The number of benzene rings is 2. The van der Waals surface area contributed by atoms with Gasteiger partial charge in [0.15, 0.2) is 0 Å². The van der Waals surface area contributed by atoms with Gasteiger partial charge in [0, 0.05) is 19.2 Å². The maximum Gasteiger partial charge on any atom is 0.200 e. The predicted octanol–water partition coefficient (Wildman–Crippen LogP) is 2.77. The number of hydrogen-bond donors (Lipinski definition) is 1. The molecule has 0 aliphatic carbocycles. The highest BCUT2D eigenvalue weighted by atomic mass is 16.5. The van der Waals surface area contributed by atoms with Gasteiger partial charge in [-0.25, -0.2) is 0 Å². The van der Waals surface area contributed by atoms with E-state index >= 15 is 0 Å². The van der Waals surface area contributed by atoms with Crippen molar-refractivity contribution in [3.63, 3.8) is 0 Å². The van der Waals surface area contributed by atoms with Crippen LogP contribution in [-0.4, -0.2) is 36.8 Å². The average molecular weight is 327 g/mol. The van der Waals surface area contributed by atoms with E-state index in [1.54, 1.807) is 32.2 Å². The van der Waals surface area contributed by atoms with Gasteiger partial charge in [0.1, 0.15) is 16.9 Å². The molecule has 5 heteroatoms. The zero-order chi connectivity index (χ0) is 17.3. The van der Waals surface area contributed by atoms with E-state index in [1.165, 1.54) is 0 Å². The minimum Gasteiger partial charge on any atom is -0.497 e. The largest absolute Gasteiger partial charge is 0.497 e. The summed E-state index contributed by atoms with van der Waals surface area (Å²) in [5.74, 6) is 0.654. The molecular formula is C19H21NO4. The summed E-state index contributed by atoms with van der Waals surface area (Å²) in [5.41, 5.74) is 2.04. The molecule has 0 radical (unpaired) electrons. The van der Waals surface area contributed by atoms with Crippen molar-refractivity contribution in [1.29, 1.82) is 0 Å². The third-order valence-corrected chi connectivity index (χ3v) is 3.97. The van der Waals surface area contributed by atoms with E-state index in [0.29, 0.717) is 40.8 Å². The normalized spacial score (nSPS) is 12.9. The fourth-order valence-electron chi connectivity index (χ4n) is 2.93. The first-order valence-corrected chi connectivity index (χ1v) is 7.88. The third-order valence-electron chi connectivity index (χ3n) is 3.97. The molecule has 0 unspecified atom stereocenters. The van der Waals surface area contributed by atoms with Gasteiger partial charge >= 0.3 is 0 Å². The molecule has 0 saturated heterocycles. The Labute approximate surface area is 140 Å². The molecule has 0 bridgehead atoms. The van der Waals surface area contributed by atoms with Gasteiger partial charge in [-0.3, -0.25) is 9.69 Å². The van der Waals surface area contributed by atoms with Gasteiger partial charge in [0.2, 0.25) is 5.43 Å². The Bertz CT molecular complexity index is 930. The van der Waals surface area contributed by atoms with Crippen molar-refractivity contribution in [2.45, 2.75) is 19.6 Å². The maximum atomic E-state index is 12.7. The van der Waals surface area contributed by atoms with Crippen LogP contribution in [0.3, 0.4) is 0 Å². The summed E-state index contributed by atoms with van der Waals surface area (Å²) in [4.78, 5) is 14.8. The number of aliphatic hydroxyl groups excluding tert-OH is 1. The summed E-state index contributed by atoms with van der Waals surface area (Å²) in [7, 11) is 3.52. The SMILES string of the molecule is COc1ccc2c(=O)c3cc(CN(C)C[C@@H](C)O)ccc3oc2c1. The van der Waals surface area contributed by atoms with Gasteiger partial charge in [0.25, 0.3) is 0 Å². The van der Waals surface area contributed by atoms with Crippen LogP contribution in [0.4, 0.5) is 0 Å². The van der Waals surface area contributed by atoms with Crippen molar-refractivity contribution >= 4 is 21.9 Å². The molecule has 3 aromatic rings. The molecule has 0 aliphatic heterocycles. The Morgan fingerprint density at radius 2 is 1.96 bits per heavy atom. The number of aliphatic hydroxyl groups is 1. The van der Waals surface area contributed by atoms with Crippen LogP contribution in [0.5, 0.6) is 5.75 Å². The highest BCUT2D eigenvalue weighted by molar-refractivity contribution is 5.90. The van der Waals surface area contributed by atoms with Gasteiger partial charge in [0.05, 0.1) is 24.0 Å². The molecule has 0 amide bonds. The van der Waals surface area contributed by atoms with Gasteiger partial charge in [-0.2, -0.15) is 0 Å². The molecule has 0 fully saturated rings. The number of ether oxygens (including phenoxy) is 1. The van der Waals surface area contributed by atoms with E-state index in [4.69, 9.17) is 9.15 Å². The first-order chi connectivity index (χ1) is 11.5. The predicted molar refractivity (Wildman–Crippen MR) is 94.6 cm³/mol. The number of nitrogens with zero attached hydrogens (tertiary/aromatic N) is 1. The van der Waals surface area contributed by atoms with Crippen molar-refractivity contribution in [3.8, 4) is 5.75 Å². The van der Waals surface area contributed by atoms with E-state index in [2.05, 4.69) is 0 Å². The van der Waals surface area contributed by atoms with E-state index in [-0.39, 0.29) is 11.5 Å². The van der Waals surface area contributed by atoms with E-state index in [9.17, 15) is 9.90 Å². The number of likely N-dealkylation sites (N-methyl/N-ethyl adjacent to an activating group) is 1. The van der Waals surface area contributed by atoms with Crippen molar-refractivity contribution in [3.05, 3.63) is 52.2 Å². The Morgan fingerprint density at radius 1 is 1.17 bits per heavy atom. The monoisotopic (exact) mass is 327 g/mol. The van der Waals surface area contributed by atoms with Gasteiger partial charge in [-0.1, -0.05) is 6.07 Å². The Morgan fingerprint density at radius 3 is 2.67 bits per heavy atom. The molecule has 1 atom stereocenters. The molecule has 0 saturated carbocycles. The second kappa shape index (κ2) is 6.63. The number of rotatable bonds is 5. The third kappa shape index (κ3) is 3.27. The second-order valence-electron chi connectivity index (χ2n) is 6.17. The van der Waals surface area contributed by atoms with Crippen LogP contribution in [0.2, 0.25) is 0 Å². The lowest BCUT2D eigenvalue weighted by atomic mass is 10.1. The quantitative estimate of drug-likeness (QED) is 0.730. The van der Waals surface area contributed by atoms with Crippen molar-refractivity contribution in [2.24, 2.45) is 0 Å². The standard InChI is InChI=1S/C19H21NO4/c1-12(21)10-20(2)11-13-4-7-17-16(8-13)19(22)15-6-5-14(23-3)9-18(15)24-17/h4-9,12,21H,10-11H2,1-3H3/t12-/m1/s1. The lowest BCUT2D eigenvalue weighted by Crippen LogP contribution is -2.26. The number of methoxy groups -OCH3 is 1. The summed E-state index contributed by atoms with van der Waals surface area (Å²) < 4.78 is 11.0. The van der Waals surface area contributed by atoms with Crippen LogP contribution < -0.4 is 10.2 Å². The Hall–Kier alpha value is -2.37. The highest BCUT2D eigenvalue weighted by Crippen LogP contribution is 2.23. The molecule has 5 nitrogen and oxygen atoms in total. The van der Waals surface area contributed by atoms with Gasteiger partial charge < -0.3 is 14.3 Å². The summed E-state index contributed by atoms with van der Waals surface area (Å²) >= 11 is 0. The van der Waals surface area contributed by atoms with Gasteiger partial charge in [-0.15, -0.1) is 0 Å². The highest BCUT2D eigenvalue weighted by Gasteiger charge is 2.11. The summed E-state index contributed by atoms with van der Waals surface area (Å²) in [6.45, 7) is 2.98. The lowest BCUT2D eigenvalue weighted by molar-refractivity contribution is 0.138. The van der Waals surface area contributed by atoms with Gasteiger partial charge in [-0.05, 0) is 43.8 Å². The molecule has 0 spiro atoms. The molecule has 3 rings (SSSR count). The first-order valence-electron chi connectivity index (χ1n) is 7.88. The Kier molecular flexibility index (Phi) is 4.55. The Balaban J connectivity index is 2.04. The minimum absolute atomic E-state index is 0.0473. The van der Waals surface area contributed by atoms with Crippen molar-refractivity contribution in [1.82, 2.24) is 4.90 Å². The second-order valence-corrected chi connectivity index (χ2v) is 6.17. The van der Waals surface area contributed by atoms with Crippen LogP contribution >= 0.6 is 0 Å². The fourth-order valence-corrected chi connectivity index (χ4v) is 2.93. The van der Waals surface area contributed by atoms with Crippen LogP contribution in [0.15, 0.2) is 45.6 Å². The van der Waals surface area contributed by atoms with E-state index in [0.717, 1.165) is 5.56 Å². The number of hydrogen-bond acceptors (Lipinski definition) is 5. The van der Waals surface area contributed by atoms with Crippen LogP contribution in [0.25, 0.3) is 21.9 Å². The summed E-state index contributed by atoms with van der Waals surface area (Å²) in [6, 6.07) is 10.8. The number of fused-ring (bicyclic) bond motifs is 2.